The first-order chi connectivity index (χ1) is 9.54. The van der Waals surface area contributed by atoms with Crippen LogP contribution in [0.15, 0.2) is 28.7 Å². The van der Waals surface area contributed by atoms with Gasteiger partial charge in [0, 0.05) is 23.7 Å². The quantitative estimate of drug-likeness (QED) is 0.789. The fourth-order valence-corrected chi connectivity index (χ4v) is 2.11. The van der Waals surface area contributed by atoms with Crippen LogP contribution in [0, 0.1) is 0 Å². The highest BCUT2D eigenvalue weighted by molar-refractivity contribution is 9.10. The maximum atomic E-state index is 12.1. The van der Waals surface area contributed by atoms with Gasteiger partial charge in [0.15, 0.2) is 0 Å². The van der Waals surface area contributed by atoms with Crippen LogP contribution in [0.3, 0.4) is 0 Å². The van der Waals surface area contributed by atoms with Gasteiger partial charge < -0.3 is 14.7 Å². The van der Waals surface area contributed by atoms with Gasteiger partial charge in [0.25, 0.3) is 0 Å². The van der Waals surface area contributed by atoms with Crippen LogP contribution in [0.25, 0.3) is 0 Å². The van der Waals surface area contributed by atoms with Crippen molar-refractivity contribution in [1.29, 1.82) is 0 Å². The lowest BCUT2D eigenvalue weighted by Crippen LogP contribution is -2.38. The number of rotatable bonds is 8. The van der Waals surface area contributed by atoms with Gasteiger partial charge in [0.1, 0.15) is 5.75 Å². The Bertz CT molecular complexity index is 406. The van der Waals surface area contributed by atoms with E-state index in [4.69, 9.17) is 9.84 Å². The smallest absolute Gasteiger partial charge is 0.226 e. The second-order valence-corrected chi connectivity index (χ2v) is 5.73. The van der Waals surface area contributed by atoms with Gasteiger partial charge in [-0.05, 0) is 44.5 Å². The van der Waals surface area contributed by atoms with E-state index in [1.54, 1.807) is 4.90 Å². The fourth-order valence-electron chi connectivity index (χ4n) is 1.84. The molecule has 0 aliphatic rings. The Morgan fingerprint density at radius 1 is 1.35 bits per heavy atom. The largest absolute Gasteiger partial charge is 0.493 e. The first-order valence-corrected chi connectivity index (χ1v) is 7.62. The van der Waals surface area contributed by atoms with E-state index in [2.05, 4.69) is 15.9 Å². The van der Waals surface area contributed by atoms with Gasteiger partial charge in [0.2, 0.25) is 5.91 Å². The third kappa shape index (κ3) is 5.92. The standard InChI is InChI=1S/C15H22BrNO3/c1-12(2)17(9-3-10-18)15(19)8-11-20-14-6-4-13(16)5-7-14/h4-7,12,18H,3,8-11H2,1-2H3. The maximum Gasteiger partial charge on any atom is 0.226 e. The summed E-state index contributed by atoms with van der Waals surface area (Å²) < 4.78 is 6.54. The Kier molecular flexibility index (Phi) is 7.62. The van der Waals surface area contributed by atoms with Crippen LogP contribution in [0.1, 0.15) is 26.7 Å². The van der Waals surface area contributed by atoms with Crippen molar-refractivity contribution in [3.8, 4) is 5.75 Å². The molecular formula is C15H22BrNO3. The highest BCUT2D eigenvalue weighted by Gasteiger charge is 2.16. The summed E-state index contributed by atoms with van der Waals surface area (Å²) in [7, 11) is 0. The van der Waals surface area contributed by atoms with Gasteiger partial charge >= 0.3 is 0 Å². The van der Waals surface area contributed by atoms with Gasteiger partial charge in [-0.3, -0.25) is 4.79 Å². The van der Waals surface area contributed by atoms with Crippen LogP contribution in [-0.4, -0.2) is 41.7 Å². The topological polar surface area (TPSA) is 49.8 Å². The number of nitrogens with zero attached hydrogens (tertiary/aromatic N) is 1. The zero-order valence-corrected chi connectivity index (χ0v) is 13.6. The Morgan fingerprint density at radius 3 is 2.55 bits per heavy atom. The van der Waals surface area contributed by atoms with Crippen molar-refractivity contribution in [2.24, 2.45) is 0 Å². The molecule has 0 saturated heterocycles. The molecule has 0 heterocycles. The average Bonchev–Trinajstić information content (AvgIpc) is 2.41. The molecule has 0 unspecified atom stereocenters. The summed E-state index contributed by atoms with van der Waals surface area (Å²) >= 11 is 3.36. The molecule has 0 aliphatic heterocycles. The average molecular weight is 344 g/mol. The van der Waals surface area contributed by atoms with Crippen LogP contribution in [0.4, 0.5) is 0 Å². The zero-order valence-electron chi connectivity index (χ0n) is 12.0. The van der Waals surface area contributed by atoms with E-state index in [9.17, 15) is 4.79 Å². The number of benzene rings is 1. The number of hydrogen-bond donors (Lipinski definition) is 1. The monoisotopic (exact) mass is 343 g/mol. The van der Waals surface area contributed by atoms with Gasteiger partial charge in [0.05, 0.1) is 13.0 Å². The van der Waals surface area contributed by atoms with Crippen LogP contribution < -0.4 is 4.74 Å². The van der Waals surface area contributed by atoms with Gasteiger partial charge in [-0.25, -0.2) is 0 Å². The molecule has 0 bridgehead atoms. The molecule has 5 heteroatoms. The van der Waals surface area contributed by atoms with E-state index in [0.29, 0.717) is 26.0 Å². The zero-order chi connectivity index (χ0) is 15.0. The summed E-state index contributed by atoms with van der Waals surface area (Å²) in [4.78, 5) is 13.9. The van der Waals surface area contributed by atoms with Crippen LogP contribution in [-0.2, 0) is 4.79 Å². The predicted molar refractivity (Wildman–Crippen MR) is 82.8 cm³/mol. The number of amides is 1. The van der Waals surface area contributed by atoms with Gasteiger partial charge in [-0.15, -0.1) is 0 Å². The van der Waals surface area contributed by atoms with Gasteiger partial charge in [-0.2, -0.15) is 0 Å². The highest BCUT2D eigenvalue weighted by Crippen LogP contribution is 2.16. The number of aliphatic hydroxyl groups excluding tert-OH is 1. The number of halogens is 1. The van der Waals surface area contributed by atoms with E-state index in [-0.39, 0.29) is 18.6 Å². The van der Waals surface area contributed by atoms with Crippen LogP contribution >= 0.6 is 15.9 Å². The van der Waals surface area contributed by atoms with Gasteiger partial charge in [-0.1, -0.05) is 15.9 Å². The minimum Gasteiger partial charge on any atom is -0.493 e. The van der Waals surface area contributed by atoms with E-state index >= 15 is 0 Å². The molecule has 0 aromatic heterocycles. The first kappa shape index (κ1) is 17.0. The lowest BCUT2D eigenvalue weighted by Gasteiger charge is -2.26. The van der Waals surface area contributed by atoms with Crippen molar-refractivity contribution in [2.45, 2.75) is 32.7 Å². The summed E-state index contributed by atoms with van der Waals surface area (Å²) in [6, 6.07) is 7.67. The van der Waals surface area contributed by atoms with E-state index < -0.39 is 0 Å². The minimum absolute atomic E-state index is 0.0607. The number of ether oxygens (including phenoxy) is 1. The SMILES string of the molecule is CC(C)N(CCCO)C(=O)CCOc1ccc(Br)cc1. The molecule has 1 N–H and O–H groups in total. The van der Waals surface area contributed by atoms with E-state index in [0.717, 1.165) is 10.2 Å². The first-order valence-electron chi connectivity index (χ1n) is 6.83. The second kappa shape index (κ2) is 8.97. The number of carbonyl (C=O) groups is 1. The summed E-state index contributed by atoms with van der Waals surface area (Å²) in [5, 5.41) is 8.86. The molecule has 20 heavy (non-hydrogen) atoms. The maximum absolute atomic E-state index is 12.1. The summed E-state index contributed by atoms with van der Waals surface area (Å²) in [5.74, 6) is 0.818. The third-order valence-corrected chi connectivity index (χ3v) is 3.43. The molecule has 1 aromatic rings. The second-order valence-electron chi connectivity index (χ2n) is 4.81. The Balaban J connectivity index is 2.38. The summed E-state index contributed by atoms with van der Waals surface area (Å²) in [5.41, 5.74) is 0. The van der Waals surface area contributed by atoms with Crippen LogP contribution in [0.2, 0.25) is 0 Å². The molecule has 0 atom stereocenters. The molecule has 112 valence electrons. The van der Waals surface area contributed by atoms with Crippen molar-refractivity contribution in [3.05, 3.63) is 28.7 Å². The third-order valence-electron chi connectivity index (χ3n) is 2.90. The molecule has 0 fully saturated rings. The Labute approximate surface area is 128 Å². The Hall–Kier alpha value is -1.07. The lowest BCUT2D eigenvalue weighted by molar-refractivity contribution is -0.133. The highest BCUT2D eigenvalue weighted by atomic mass is 79.9. The normalized spacial score (nSPS) is 10.7. The van der Waals surface area contributed by atoms with Crippen molar-refractivity contribution < 1.29 is 14.6 Å². The number of carbonyl (C=O) groups excluding carboxylic acids is 1. The molecule has 0 spiro atoms. The summed E-state index contributed by atoms with van der Waals surface area (Å²) in [6.45, 7) is 5.01. The molecule has 0 aliphatic carbocycles. The molecule has 1 amide bonds. The lowest BCUT2D eigenvalue weighted by atomic mass is 10.2. The Morgan fingerprint density at radius 2 is 2.00 bits per heavy atom. The van der Waals surface area contributed by atoms with Crippen molar-refractivity contribution in [3.63, 3.8) is 0 Å². The molecule has 1 aromatic carbocycles. The molecule has 4 nitrogen and oxygen atoms in total. The minimum atomic E-state index is 0.0607. The van der Waals surface area contributed by atoms with E-state index in [1.807, 2.05) is 38.1 Å². The van der Waals surface area contributed by atoms with Crippen LogP contribution in [0.5, 0.6) is 5.75 Å². The molecule has 1 rings (SSSR count). The van der Waals surface area contributed by atoms with Crippen molar-refractivity contribution in [2.75, 3.05) is 19.8 Å². The molecule has 0 saturated carbocycles. The summed E-state index contributed by atoms with van der Waals surface area (Å²) in [6.07, 6.45) is 0.956. The number of aliphatic hydroxyl groups is 1. The van der Waals surface area contributed by atoms with Crippen molar-refractivity contribution >= 4 is 21.8 Å². The van der Waals surface area contributed by atoms with E-state index in [1.165, 1.54) is 0 Å². The molecular weight excluding hydrogens is 322 g/mol. The fraction of sp³-hybridized carbons (Fsp3) is 0.533. The molecule has 0 radical (unpaired) electrons. The predicted octanol–water partition coefficient (Wildman–Crippen LogP) is 2.84. The number of hydrogen-bond acceptors (Lipinski definition) is 3. The van der Waals surface area contributed by atoms with Crippen molar-refractivity contribution in [1.82, 2.24) is 4.90 Å².